The third-order valence-electron chi connectivity index (χ3n) is 2.69. The Kier molecular flexibility index (Phi) is 5.68. The quantitative estimate of drug-likeness (QED) is 0.741. The van der Waals surface area contributed by atoms with Gasteiger partial charge in [-0.2, -0.15) is 0 Å². The first kappa shape index (κ1) is 13.7. The van der Waals surface area contributed by atoms with Gasteiger partial charge in [-0.05, 0) is 24.1 Å². The van der Waals surface area contributed by atoms with E-state index in [1.165, 1.54) is 12.1 Å². The molecule has 2 atom stereocenters. The van der Waals surface area contributed by atoms with Gasteiger partial charge in [0.25, 0.3) is 0 Å². The predicted octanol–water partition coefficient (Wildman–Crippen LogP) is 2.25. The lowest BCUT2D eigenvalue weighted by atomic mass is 10.1. The second-order valence-corrected chi connectivity index (χ2v) is 3.99. The lowest BCUT2D eigenvalue weighted by Gasteiger charge is -2.17. The third kappa shape index (κ3) is 4.56. The van der Waals surface area contributed by atoms with E-state index in [9.17, 15) is 9.50 Å². The molecule has 2 unspecified atom stereocenters. The van der Waals surface area contributed by atoms with E-state index >= 15 is 0 Å². The van der Waals surface area contributed by atoms with E-state index in [1.54, 1.807) is 12.1 Å². The Morgan fingerprint density at radius 1 is 1.53 bits per heavy atom. The Hall–Kier alpha value is -1.37. The standard InChI is InChI=1S/C14H18FNO/c1-3-6-13(4-2)16-10-14(17)11-7-5-8-12(15)9-11/h1,5,7-9,13-14,16-17H,4,6,10H2,2H3. The molecule has 0 aliphatic rings. The van der Waals surface area contributed by atoms with Crippen LogP contribution in [0.4, 0.5) is 4.39 Å². The van der Waals surface area contributed by atoms with Crippen molar-refractivity contribution in [2.45, 2.75) is 31.9 Å². The van der Waals surface area contributed by atoms with Crippen molar-refractivity contribution < 1.29 is 9.50 Å². The summed E-state index contributed by atoms with van der Waals surface area (Å²) in [7, 11) is 0. The Labute approximate surface area is 102 Å². The van der Waals surface area contributed by atoms with Crippen LogP contribution in [0.1, 0.15) is 31.4 Å². The molecule has 1 aromatic carbocycles. The first-order valence-electron chi connectivity index (χ1n) is 5.77. The minimum Gasteiger partial charge on any atom is -0.387 e. The van der Waals surface area contributed by atoms with E-state index in [1.807, 2.05) is 6.92 Å². The maximum atomic E-state index is 13.0. The minimum absolute atomic E-state index is 0.197. The van der Waals surface area contributed by atoms with E-state index in [-0.39, 0.29) is 11.9 Å². The monoisotopic (exact) mass is 235 g/mol. The molecule has 0 spiro atoms. The highest BCUT2D eigenvalue weighted by Crippen LogP contribution is 2.13. The fraction of sp³-hybridized carbons (Fsp3) is 0.429. The van der Waals surface area contributed by atoms with Crippen LogP contribution >= 0.6 is 0 Å². The Morgan fingerprint density at radius 3 is 2.88 bits per heavy atom. The number of rotatable bonds is 6. The molecule has 0 aromatic heterocycles. The minimum atomic E-state index is -0.711. The van der Waals surface area contributed by atoms with Gasteiger partial charge in [-0.1, -0.05) is 19.1 Å². The van der Waals surface area contributed by atoms with Crippen LogP contribution in [0, 0.1) is 18.2 Å². The maximum absolute atomic E-state index is 13.0. The van der Waals surface area contributed by atoms with E-state index < -0.39 is 6.10 Å². The first-order chi connectivity index (χ1) is 8.17. The topological polar surface area (TPSA) is 32.3 Å². The molecule has 0 heterocycles. The van der Waals surface area contributed by atoms with Crippen LogP contribution < -0.4 is 5.32 Å². The van der Waals surface area contributed by atoms with Crippen molar-refractivity contribution in [3.8, 4) is 12.3 Å². The molecule has 3 heteroatoms. The molecule has 0 aliphatic heterocycles. The summed E-state index contributed by atoms with van der Waals surface area (Å²) in [6, 6.07) is 6.19. The van der Waals surface area contributed by atoms with E-state index in [0.717, 1.165) is 6.42 Å². The Balaban J connectivity index is 2.49. The summed E-state index contributed by atoms with van der Waals surface area (Å²) in [4.78, 5) is 0. The van der Waals surface area contributed by atoms with E-state index in [2.05, 4.69) is 11.2 Å². The summed E-state index contributed by atoms with van der Waals surface area (Å²) in [5.41, 5.74) is 0.577. The fourth-order valence-electron chi connectivity index (χ4n) is 1.61. The summed E-state index contributed by atoms with van der Waals surface area (Å²) in [6.07, 6.45) is 6.06. The van der Waals surface area contributed by atoms with Crippen molar-refractivity contribution in [2.75, 3.05) is 6.54 Å². The lowest BCUT2D eigenvalue weighted by Crippen LogP contribution is -2.32. The zero-order chi connectivity index (χ0) is 12.7. The zero-order valence-corrected chi connectivity index (χ0v) is 9.99. The van der Waals surface area contributed by atoms with Gasteiger partial charge >= 0.3 is 0 Å². The molecule has 1 rings (SSSR count). The van der Waals surface area contributed by atoms with Gasteiger partial charge in [-0.3, -0.25) is 0 Å². The molecule has 0 aliphatic carbocycles. The van der Waals surface area contributed by atoms with Gasteiger partial charge in [0, 0.05) is 19.0 Å². The molecule has 92 valence electrons. The molecule has 0 bridgehead atoms. The van der Waals surface area contributed by atoms with Crippen LogP contribution in [-0.4, -0.2) is 17.7 Å². The second kappa shape index (κ2) is 7.05. The van der Waals surface area contributed by atoms with Crippen LogP contribution in [0.25, 0.3) is 0 Å². The van der Waals surface area contributed by atoms with E-state index in [0.29, 0.717) is 18.5 Å². The van der Waals surface area contributed by atoms with Crippen LogP contribution in [0.5, 0.6) is 0 Å². The van der Waals surface area contributed by atoms with Gasteiger partial charge in [0.15, 0.2) is 0 Å². The highest BCUT2D eigenvalue weighted by atomic mass is 19.1. The molecule has 2 N–H and O–H groups in total. The maximum Gasteiger partial charge on any atom is 0.123 e. The van der Waals surface area contributed by atoms with Crippen LogP contribution in [0.15, 0.2) is 24.3 Å². The van der Waals surface area contributed by atoms with Crippen LogP contribution in [0.2, 0.25) is 0 Å². The number of hydrogen-bond donors (Lipinski definition) is 2. The van der Waals surface area contributed by atoms with Gasteiger partial charge in [0.2, 0.25) is 0 Å². The van der Waals surface area contributed by atoms with Gasteiger partial charge in [0.05, 0.1) is 6.10 Å². The first-order valence-corrected chi connectivity index (χ1v) is 5.77. The number of halogens is 1. The zero-order valence-electron chi connectivity index (χ0n) is 9.99. The van der Waals surface area contributed by atoms with Gasteiger partial charge in [-0.15, -0.1) is 12.3 Å². The molecule has 0 saturated heterocycles. The Bertz CT molecular complexity index is 386. The fourth-order valence-corrected chi connectivity index (χ4v) is 1.61. The molecule has 0 fully saturated rings. The predicted molar refractivity (Wildman–Crippen MR) is 66.9 cm³/mol. The average molecular weight is 235 g/mol. The van der Waals surface area contributed by atoms with Crippen LogP contribution in [-0.2, 0) is 0 Å². The number of terminal acetylenes is 1. The molecule has 0 radical (unpaired) electrons. The molecular formula is C14H18FNO. The SMILES string of the molecule is C#CCC(CC)NCC(O)c1cccc(F)c1. The molecular weight excluding hydrogens is 217 g/mol. The van der Waals surface area contributed by atoms with Crippen molar-refractivity contribution >= 4 is 0 Å². The summed E-state index contributed by atoms with van der Waals surface area (Å²) >= 11 is 0. The second-order valence-electron chi connectivity index (χ2n) is 3.99. The van der Waals surface area contributed by atoms with Gasteiger partial charge < -0.3 is 10.4 Å². The largest absolute Gasteiger partial charge is 0.387 e. The summed E-state index contributed by atoms with van der Waals surface area (Å²) in [5.74, 6) is 2.25. The highest BCUT2D eigenvalue weighted by molar-refractivity contribution is 5.19. The van der Waals surface area contributed by atoms with Gasteiger partial charge in [-0.25, -0.2) is 4.39 Å². The van der Waals surface area contributed by atoms with Crippen molar-refractivity contribution in [3.63, 3.8) is 0 Å². The van der Waals surface area contributed by atoms with Crippen molar-refractivity contribution in [1.82, 2.24) is 5.32 Å². The summed E-state index contributed by atoms with van der Waals surface area (Å²) < 4.78 is 13.0. The summed E-state index contributed by atoms with van der Waals surface area (Å²) in [6.45, 7) is 2.41. The number of hydrogen-bond acceptors (Lipinski definition) is 2. The third-order valence-corrected chi connectivity index (χ3v) is 2.69. The number of aliphatic hydroxyl groups excluding tert-OH is 1. The van der Waals surface area contributed by atoms with Gasteiger partial charge in [0.1, 0.15) is 5.82 Å². The van der Waals surface area contributed by atoms with Crippen molar-refractivity contribution in [1.29, 1.82) is 0 Å². The van der Waals surface area contributed by atoms with Crippen molar-refractivity contribution in [2.24, 2.45) is 0 Å². The molecule has 1 aromatic rings. The lowest BCUT2D eigenvalue weighted by molar-refractivity contribution is 0.169. The number of nitrogens with one attached hydrogen (secondary N) is 1. The molecule has 0 amide bonds. The molecule has 0 saturated carbocycles. The smallest absolute Gasteiger partial charge is 0.123 e. The average Bonchev–Trinajstić information content (AvgIpc) is 2.34. The number of aliphatic hydroxyl groups is 1. The molecule has 2 nitrogen and oxygen atoms in total. The Morgan fingerprint density at radius 2 is 2.29 bits per heavy atom. The normalized spacial score (nSPS) is 14.0. The van der Waals surface area contributed by atoms with Crippen LogP contribution in [0.3, 0.4) is 0 Å². The highest BCUT2D eigenvalue weighted by Gasteiger charge is 2.10. The summed E-state index contributed by atoms with van der Waals surface area (Å²) in [5, 5.41) is 13.0. The number of benzene rings is 1. The van der Waals surface area contributed by atoms with E-state index in [4.69, 9.17) is 6.42 Å². The molecule has 17 heavy (non-hydrogen) atoms. The van der Waals surface area contributed by atoms with Crippen molar-refractivity contribution in [3.05, 3.63) is 35.6 Å².